The summed E-state index contributed by atoms with van der Waals surface area (Å²) in [6.07, 6.45) is 8.82. The Morgan fingerprint density at radius 2 is 2.06 bits per heavy atom. The van der Waals surface area contributed by atoms with E-state index in [1.54, 1.807) is 6.20 Å². The maximum absolute atomic E-state index is 12.7. The van der Waals surface area contributed by atoms with Crippen LogP contribution in [0.25, 0.3) is 0 Å². The predicted octanol–water partition coefficient (Wildman–Crippen LogP) is 1.32. The van der Waals surface area contributed by atoms with Gasteiger partial charge in [-0.3, -0.25) is 24.3 Å². The van der Waals surface area contributed by atoms with Gasteiger partial charge in [0.15, 0.2) is 0 Å². The summed E-state index contributed by atoms with van der Waals surface area (Å²) in [6, 6.07) is 3.97. The molecule has 1 aromatic rings. The van der Waals surface area contributed by atoms with E-state index in [0.29, 0.717) is 45.4 Å². The van der Waals surface area contributed by atoms with Gasteiger partial charge in [-0.25, -0.2) is 0 Å². The number of amides is 3. The van der Waals surface area contributed by atoms with Crippen LogP contribution < -0.4 is 10.6 Å². The van der Waals surface area contributed by atoms with Gasteiger partial charge in [0.1, 0.15) is 0 Å². The smallest absolute Gasteiger partial charge is 0.223 e. The lowest BCUT2D eigenvalue weighted by Gasteiger charge is -2.22. The van der Waals surface area contributed by atoms with Crippen LogP contribution in [-0.2, 0) is 20.9 Å². The zero-order chi connectivity index (χ0) is 21.9. The SMILES string of the molecule is O=C1CCN(Cc2cccnc2)CCCC(C(=O)NCCCN2CCCC2=O)CCN1. The summed E-state index contributed by atoms with van der Waals surface area (Å²) in [6.45, 7) is 4.97. The minimum Gasteiger partial charge on any atom is -0.356 e. The van der Waals surface area contributed by atoms with E-state index in [1.807, 2.05) is 23.2 Å². The minimum atomic E-state index is -0.105. The number of hydrogen-bond donors (Lipinski definition) is 2. The maximum Gasteiger partial charge on any atom is 0.223 e. The van der Waals surface area contributed by atoms with Crippen LogP contribution in [0.3, 0.4) is 0 Å². The number of hydrogen-bond acceptors (Lipinski definition) is 5. The van der Waals surface area contributed by atoms with Crippen molar-refractivity contribution in [2.45, 2.75) is 51.5 Å². The summed E-state index contributed by atoms with van der Waals surface area (Å²) in [4.78, 5) is 44.9. The molecule has 3 heterocycles. The quantitative estimate of drug-likeness (QED) is 0.638. The van der Waals surface area contributed by atoms with Crippen LogP contribution in [0.2, 0.25) is 0 Å². The zero-order valence-corrected chi connectivity index (χ0v) is 18.4. The first-order valence-electron chi connectivity index (χ1n) is 11.6. The highest BCUT2D eigenvalue weighted by molar-refractivity contribution is 5.79. The number of nitrogens with one attached hydrogen (secondary N) is 2. The Morgan fingerprint density at radius 3 is 2.84 bits per heavy atom. The molecule has 2 aliphatic rings. The molecular weight excluding hydrogens is 394 g/mol. The first-order valence-corrected chi connectivity index (χ1v) is 11.6. The second-order valence-corrected chi connectivity index (χ2v) is 8.49. The molecule has 0 saturated carbocycles. The second kappa shape index (κ2) is 12.4. The lowest BCUT2D eigenvalue weighted by Crippen LogP contribution is -2.36. The molecule has 0 radical (unpaired) electrons. The van der Waals surface area contributed by atoms with Crippen molar-refractivity contribution in [3.05, 3.63) is 30.1 Å². The third-order valence-electron chi connectivity index (χ3n) is 6.07. The zero-order valence-electron chi connectivity index (χ0n) is 18.4. The number of aromatic nitrogens is 1. The second-order valence-electron chi connectivity index (χ2n) is 8.49. The first-order chi connectivity index (χ1) is 15.1. The van der Waals surface area contributed by atoms with E-state index in [-0.39, 0.29) is 23.6 Å². The van der Waals surface area contributed by atoms with Crippen molar-refractivity contribution in [1.82, 2.24) is 25.4 Å². The molecule has 31 heavy (non-hydrogen) atoms. The van der Waals surface area contributed by atoms with Crippen molar-refractivity contribution in [3.8, 4) is 0 Å². The van der Waals surface area contributed by atoms with Gasteiger partial charge in [-0.05, 0) is 50.3 Å². The first kappa shape index (κ1) is 23.2. The Kier molecular flexibility index (Phi) is 9.27. The number of nitrogens with zero attached hydrogens (tertiary/aromatic N) is 3. The standard InChI is InChI=1S/C23H35N5O3/c29-21-9-16-27(18-19-5-1-10-24-17-19)13-2-6-20(8-12-25-21)23(31)26-11-4-15-28-14-3-7-22(28)30/h1,5,10,17,20H,2-4,6-9,11-16,18H2,(H,25,29)(H,26,31). The normalized spacial score (nSPS) is 21.4. The van der Waals surface area contributed by atoms with Crippen LogP contribution in [0.15, 0.2) is 24.5 Å². The van der Waals surface area contributed by atoms with Crippen molar-refractivity contribution >= 4 is 17.7 Å². The number of rotatable bonds is 7. The van der Waals surface area contributed by atoms with Gasteiger partial charge in [-0.2, -0.15) is 0 Å². The van der Waals surface area contributed by atoms with Gasteiger partial charge in [0, 0.05) is 70.4 Å². The van der Waals surface area contributed by atoms with Crippen molar-refractivity contribution < 1.29 is 14.4 Å². The minimum absolute atomic E-state index is 0.0347. The molecule has 2 aliphatic heterocycles. The van der Waals surface area contributed by atoms with Crippen LogP contribution >= 0.6 is 0 Å². The van der Waals surface area contributed by atoms with E-state index in [1.165, 1.54) is 0 Å². The van der Waals surface area contributed by atoms with Crippen molar-refractivity contribution in [1.29, 1.82) is 0 Å². The van der Waals surface area contributed by atoms with Gasteiger partial charge >= 0.3 is 0 Å². The molecule has 0 aromatic carbocycles. The largest absolute Gasteiger partial charge is 0.356 e. The Bertz CT molecular complexity index is 727. The fraction of sp³-hybridized carbons (Fsp3) is 0.652. The third kappa shape index (κ3) is 7.94. The lowest BCUT2D eigenvalue weighted by atomic mass is 9.98. The van der Waals surface area contributed by atoms with Gasteiger partial charge in [0.25, 0.3) is 0 Å². The summed E-state index contributed by atoms with van der Waals surface area (Å²) >= 11 is 0. The van der Waals surface area contributed by atoms with Crippen molar-refractivity contribution in [2.24, 2.45) is 5.92 Å². The summed E-state index contributed by atoms with van der Waals surface area (Å²) in [5.74, 6) is 0.209. The van der Waals surface area contributed by atoms with E-state index in [9.17, 15) is 14.4 Å². The number of likely N-dealkylation sites (tertiary alicyclic amines) is 1. The topological polar surface area (TPSA) is 94.6 Å². The van der Waals surface area contributed by atoms with E-state index < -0.39 is 0 Å². The third-order valence-corrected chi connectivity index (χ3v) is 6.07. The molecule has 8 nitrogen and oxygen atoms in total. The van der Waals surface area contributed by atoms with Gasteiger partial charge in [0.05, 0.1) is 0 Å². The average Bonchev–Trinajstić information content (AvgIpc) is 3.17. The van der Waals surface area contributed by atoms with Crippen LogP contribution in [0.4, 0.5) is 0 Å². The van der Waals surface area contributed by atoms with Crippen LogP contribution in [0, 0.1) is 5.92 Å². The molecule has 170 valence electrons. The molecule has 3 rings (SSSR count). The van der Waals surface area contributed by atoms with Gasteiger partial charge in [-0.1, -0.05) is 6.07 Å². The molecule has 0 spiro atoms. The number of carbonyl (C=O) groups excluding carboxylic acids is 3. The molecule has 2 fully saturated rings. The van der Waals surface area contributed by atoms with Gasteiger partial charge in [-0.15, -0.1) is 0 Å². The molecule has 2 N–H and O–H groups in total. The Hall–Kier alpha value is -2.48. The molecule has 3 amide bonds. The van der Waals surface area contributed by atoms with Gasteiger partial charge < -0.3 is 15.5 Å². The van der Waals surface area contributed by atoms with Crippen LogP contribution in [0.1, 0.15) is 50.5 Å². The molecule has 1 unspecified atom stereocenters. The average molecular weight is 430 g/mol. The van der Waals surface area contributed by atoms with Crippen molar-refractivity contribution in [3.63, 3.8) is 0 Å². The summed E-state index contributed by atoms with van der Waals surface area (Å²) in [5, 5.41) is 6.00. The molecular formula is C23H35N5O3. The molecule has 1 atom stereocenters. The van der Waals surface area contributed by atoms with E-state index >= 15 is 0 Å². The fourth-order valence-corrected chi connectivity index (χ4v) is 4.29. The molecule has 1 aromatic heterocycles. The monoisotopic (exact) mass is 429 g/mol. The Morgan fingerprint density at radius 1 is 1.16 bits per heavy atom. The van der Waals surface area contributed by atoms with Crippen LogP contribution in [0.5, 0.6) is 0 Å². The molecule has 0 aliphatic carbocycles. The molecule has 2 saturated heterocycles. The van der Waals surface area contributed by atoms with Crippen LogP contribution in [-0.4, -0.2) is 71.8 Å². The summed E-state index contributed by atoms with van der Waals surface area (Å²) < 4.78 is 0. The lowest BCUT2D eigenvalue weighted by molar-refractivity contribution is -0.127. The summed E-state index contributed by atoms with van der Waals surface area (Å²) in [5.41, 5.74) is 1.13. The van der Waals surface area contributed by atoms with E-state index in [2.05, 4.69) is 20.5 Å². The summed E-state index contributed by atoms with van der Waals surface area (Å²) in [7, 11) is 0. The number of pyridine rings is 1. The predicted molar refractivity (Wildman–Crippen MR) is 118 cm³/mol. The molecule has 8 heteroatoms. The fourth-order valence-electron chi connectivity index (χ4n) is 4.29. The van der Waals surface area contributed by atoms with E-state index in [4.69, 9.17) is 0 Å². The number of carbonyl (C=O) groups is 3. The van der Waals surface area contributed by atoms with Gasteiger partial charge in [0.2, 0.25) is 17.7 Å². The highest BCUT2D eigenvalue weighted by Gasteiger charge is 2.22. The maximum atomic E-state index is 12.7. The highest BCUT2D eigenvalue weighted by Crippen LogP contribution is 2.15. The highest BCUT2D eigenvalue weighted by atomic mass is 16.2. The van der Waals surface area contributed by atoms with Crippen molar-refractivity contribution in [2.75, 3.05) is 39.3 Å². The Labute approximate surface area is 184 Å². The Balaban J connectivity index is 1.45. The van der Waals surface area contributed by atoms with E-state index in [0.717, 1.165) is 50.9 Å². The molecule has 0 bridgehead atoms.